The van der Waals surface area contributed by atoms with Gasteiger partial charge in [-0.2, -0.15) is 0 Å². The molecule has 74 valence electrons. The number of rotatable bonds is 3. The van der Waals surface area contributed by atoms with Gasteiger partial charge in [0.1, 0.15) is 0 Å². The van der Waals surface area contributed by atoms with Crippen molar-refractivity contribution in [2.75, 3.05) is 6.54 Å². The van der Waals surface area contributed by atoms with Gasteiger partial charge in [0, 0.05) is 17.4 Å². The van der Waals surface area contributed by atoms with Crippen LogP contribution >= 0.6 is 11.3 Å². The molecule has 0 atom stereocenters. The quantitative estimate of drug-likeness (QED) is 0.829. The van der Waals surface area contributed by atoms with Crippen molar-refractivity contribution in [3.05, 3.63) is 34.1 Å². The number of hydrogen-bond acceptors (Lipinski definition) is 3. The van der Waals surface area contributed by atoms with Crippen molar-refractivity contribution in [2.45, 2.75) is 13.0 Å². The lowest BCUT2D eigenvalue weighted by molar-refractivity contribution is 0.634. The van der Waals surface area contributed by atoms with Crippen LogP contribution in [0.1, 0.15) is 6.42 Å². The first-order valence-corrected chi connectivity index (χ1v) is 5.47. The molecule has 4 heteroatoms. The highest BCUT2D eigenvalue weighted by molar-refractivity contribution is 7.17. The van der Waals surface area contributed by atoms with E-state index in [1.807, 2.05) is 23.7 Å². The maximum atomic E-state index is 11.8. The summed E-state index contributed by atoms with van der Waals surface area (Å²) < 4.78 is 2.78. The van der Waals surface area contributed by atoms with Crippen LogP contribution in [0.5, 0.6) is 0 Å². The van der Waals surface area contributed by atoms with E-state index in [-0.39, 0.29) is 5.56 Å². The summed E-state index contributed by atoms with van der Waals surface area (Å²) in [5.41, 5.74) is 5.50. The Balaban J connectivity index is 2.46. The van der Waals surface area contributed by atoms with Gasteiger partial charge >= 0.3 is 0 Å². The third-order valence-electron chi connectivity index (χ3n) is 2.20. The molecule has 0 amide bonds. The number of nitrogens with zero attached hydrogens (tertiary/aromatic N) is 1. The minimum absolute atomic E-state index is 0.0946. The van der Waals surface area contributed by atoms with Gasteiger partial charge in [-0.1, -0.05) is 0 Å². The molecule has 2 aromatic rings. The Hall–Kier alpha value is -1.13. The minimum Gasteiger partial charge on any atom is -0.330 e. The maximum absolute atomic E-state index is 11.8. The Bertz CT molecular complexity index is 486. The third-order valence-corrected chi connectivity index (χ3v) is 3.08. The van der Waals surface area contributed by atoms with Gasteiger partial charge in [-0.15, -0.1) is 11.3 Å². The zero-order chi connectivity index (χ0) is 9.97. The molecule has 2 N–H and O–H groups in total. The lowest BCUT2D eigenvalue weighted by Gasteiger charge is -2.03. The van der Waals surface area contributed by atoms with Gasteiger partial charge in [-0.05, 0) is 30.5 Å². The van der Waals surface area contributed by atoms with Gasteiger partial charge in [0.15, 0.2) is 0 Å². The van der Waals surface area contributed by atoms with Crippen molar-refractivity contribution in [1.82, 2.24) is 4.57 Å². The average Bonchev–Trinajstić information content (AvgIpc) is 2.66. The molecule has 0 spiro atoms. The lowest BCUT2D eigenvalue weighted by atomic mass is 10.3. The van der Waals surface area contributed by atoms with E-state index >= 15 is 0 Å². The zero-order valence-electron chi connectivity index (χ0n) is 7.77. The highest BCUT2D eigenvalue weighted by Gasteiger charge is 2.02. The number of nitrogens with two attached hydrogens (primary N) is 1. The molecule has 14 heavy (non-hydrogen) atoms. The molecule has 0 saturated heterocycles. The highest BCUT2D eigenvalue weighted by Crippen LogP contribution is 2.16. The predicted molar refractivity (Wildman–Crippen MR) is 59.8 cm³/mol. The van der Waals surface area contributed by atoms with Gasteiger partial charge in [0.25, 0.3) is 5.56 Å². The Morgan fingerprint density at radius 2 is 2.29 bits per heavy atom. The molecule has 0 fully saturated rings. The van der Waals surface area contributed by atoms with Crippen LogP contribution in [-0.2, 0) is 6.54 Å². The van der Waals surface area contributed by atoms with Crippen molar-refractivity contribution < 1.29 is 0 Å². The summed E-state index contributed by atoms with van der Waals surface area (Å²) >= 11 is 1.60. The second-order valence-electron chi connectivity index (χ2n) is 3.16. The zero-order valence-corrected chi connectivity index (χ0v) is 8.59. The fraction of sp³-hybridized carbons (Fsp3) is 0.300. The molecule has 0 aliphatic carbocycles. The molecule has 0 bridgehead atoms. The fourth-order valence-corrected chi connectivity index (χ4v) is 2.22. The summed E-state index contributed by atoms with van der Waals surface area (Å²) in [5, 5.41) is 2.76. The minimum atomic E-state index is 0.0946. The van der Waals surface area contributed by atoms with Crippen molar-refractivity contribution in [1.29, 1.82) is 0 Å². The van der Waals surface area contributed by atoms with Gasteiger partial charge in [0.2, 0.25) is 0 Å². The van der Waals surface area contributed by atoms with Crippen LogP contribution in [0.2, 0.25) is 0 Å². The summed E-state index contributed by atoms with van der Waals surface area (Å²) in [6, 6.07) is 3.86. The number of pyridine rings is 1. The Labute approximate surface area is 85.8 Å². The SMILES string of the molecule is NCCCn1ccc2sccc2c1=O. The molecule has 2 rings (SSSR count). The van der Waals surface area contributed by atoms with E-state index in [9.17, 15) is 4.79 Å². The normalized spacial score (nSPS) is 10.9. The van der Waals surface area contributed by atoms with Crippen molar-refractivity contribution >= 4 is 21.4 Å². The van der Waals surface area contributed by atoms with E-state index in [1.54, 1.807) is 15.9 Å². The van der Waals surface area contributed by atoms with Crippen LogP contribution < -0.4 is 11.3 Å². The maximum Gasteiger partial charge on any atom is 0.259 e. The molecule has 0 aliphatic heterocycles. The number of aromatic nitrogens is 1. The van der Waals surface area contributed by atoms with Crippen LogP contribution in [0.4, 0.5) is 0 Å². The van der Waals surface area contributed by atoms with E-state index in [4.69, 9.17) is 5.73 Å². The first kappa shape index (κ1) is 9.43. The van der Waals surface area contributed by atoms with Crippen LogP contribution in [0, 0.1) is 0 Å². The lowest BCUT2D eigenvalue weighted by Crippen LogP contribution is -2.20. The number of hydrogen-bond donors (Lipinski definition) is 1. The highest BCUT2D eigenvalue weighted by atomic mass is 32.1. The topological polar surface area (TPSA) is 48.0 Å². The van der Waals surface area contributed by atoms with E-state index in [1.165, 1.54) is 0 Å². The van der Waals surface area contributed by atoms with Crippen LogP contribution in [0.25, 0.3) is 10.1 Å². The predicted octanol–water partition coefficient (Wildman–Crippen LogP) is 1.41. The van der Waals surface area contributed by atoms with Crippen LogP contribution in [0.15, 0.2) is 28.5 Å². The first-order valence-electron chi connectivity index (χ1n) is 4.59. The smallest absolute Gasteiger partial charge is 0.259 e. The van der Waals surface area contributed by atoms with E-state index < -0.39 is 0 Å². The number of aryl methyl sites for hydroxylation is 1. The van der Waals surface area contributed by atoms with E-state index in [2.05, 4.69) is 0 Å². The summed E-state index contributed by atoms with van der Waals surface area (Å²) in [5.74, 6) is 0. The van der Waals surface area contributed by atoms with E-state index in [0.717, 1.165) is 16.5 Å². The molecular weight excluding hydrogens is 196 g/mol. The summed E-state index contributed by atoms with van der Waals surface area (Å²) in [4.78, 5) is 11.8. The molecule has 0 unspecified atom stereocenters. The third kappa shape index (κ3) is 1.58. The molecule has 0 aliphatic rings. The molecule has 2 heterocycles. The van der Waals surface area contributed by atoms with Crippen molar-refractivity contribution in [3.63, 3.8) is 0 Å². The molecule has 0 radical (unpaired) electrons. The summed E-state index contributed by atoms with van der Waals surface area (Å²) in [6.45, 7) is 1.33. The van der Waals surface area contributed by atoms with Gasteiger partial charge in [-0.25, -0.2) is 0 Å². The molecule has 0 aromatic carbocycles. The average molecular weight is 208 g/mol. The standard InChI is InChI=1S/C10H12N2OS/c11-4-1-5-12-6-2-9-8(10(12)13)3-7-14-9/h2-3,6-7H,1,4-5,11H2. The number of fused-ring (bicyclic) bond motifs is 1. The Morgan fingerprint density at radius 3 is 3.07 bits per heavy atom. The Kier molecular flexibility index (Phi) is 2.65. The van der Waals surface area contributed by atoms with Gasteiger partial charge < -0.3 is 10.3 Å². The molecular formula is C10H12N2OS. The van der Waals surface area contributed by atoms with Gasteiger partial charge in [0.05, 0.1) is 5.39 Å². The fourth-order valence-electron chi connectivity index (χ4n) is 1.44. The number of thiophene rings is 1. The van der Waals surface area contributed by atoms with Crippen molar-refractivity contribution in [3.8, 4) is 0 Å². The molecule has 3 nitrogen and oxygen atoms in total. The van der Waals surface area contributed by atoms with Crippen LogP contribution in [0.3, 0.4) is 0 Å². The second-order valence-corrected chi connectivity index (χ2v) is 4.10. The van der Waals surface area contributed by atoms with Crippen molar-refractivity contribution in [2.24, 2.45) is 5.73 Å². The monoisotopic (exact) mass is 208 g/mol. The summed E-state index contributed by atoms with van der Waals surface area (Å²) in [6.07, 6.45) is 2.69. The van der Waals surface area contributed by atoms with E-state index in [0.29, 0.717) is 13.1 Å². The van der Waals surface area contributed by atoms with Gasteiger partial charge in [-0.3, -0.25) is 4.79 Å². The molecule has 2 aromatic heterocycles. The largest absolute Gasteiger partial charge is 0.330 e. The molecule has 0 saturated carbocycles. The first-order chi connectivity index (χ1) is 6.83. The second kappa shape index (κ2) is 3.94. The Morgan fingerprint density at radius 1 is 1.43 bits per heavy atom. The summed E-state index contributed by atoms with van der Waals surface area (Å²) in [7, 11) is 0. The van der Waals surface area contributed by atoms with Crippen LogP contribution in [-0.4, -0.2) is 11.1 Å².